The largest absolute Gasteiger partial charge is 0.468 e. The van der Waals surface area contributed by atoms with Crippen LogP contribution in [0.4, 0.5) is 0 Å². The van der Waals surface area contributed by atoms with E-state index in [2.05, 4.69) is 30.3 Å². The summed E-state index contributed by atoms with van der Waals surface area (Å²) >= 11 is 0. The minimum absolute atomic E-state index is 0.275. The molecule has 0 amide bonds. The van der Waals surface area contributed by atoms with Crippen LogP contribution >= 0.6 is 0 Å². The van der Waals surface area contributed by atoms with E-state index in [9.17, 15) is 0 Å². The van der Waals surface area contributed by atoms with E-state index in [-0.39, 0.29) is 6.79 Å². The smallest absolute Gasteiger partial charge is 0.188 e. The van der Waals surface area contributed by atoms with Gasteiger partial charge in [-0.3, -0.25) is 0 Å². The minimum atomic E-state index is 0.275. The number of aryl methyl sites for hydroxylation is 1. The van der Waals surface area contributed by atoms with Crippen molar-refractivity contribution in [1.82, 2.24) is 0 Å². The topological polar surface area (TPSA) is 27.7 Å². The summed E-state index contributed by atoms with van der Waals surface area (Å²) in [5.41, 5.74) is 1.33. The first-order chi connectivity index (χ1) is 9.35. The van der Waals surface area contributed by atoms with Crippen LogP contribution in [0.25, 0.3) is 10.8 Å². The third-order valence-electron chi connectivity index (χ3n) is 3.08. The lowest BCUT2D eigenvalue weighted by Gasteiger charge is -2.09. The van der Waals surface area contributed by atoms with Crippen LogP contribution in [0.15, 0.2) is 36.4 Å². The van der Waals surface area contributed by atoms with E-state index in [0.717, 1.165) is 25.2 Å². The van der Waals surface area contributed by atoms with Gasteiger partial charge in [0.1, 0.15) is 5.75 Å². The maximum atomic E-state index is 5.50. The maximum Gasteiger partial charge on any atom is 0.188 e. The first-order valence-corrected chi connectivity index (χ1v) is 6.47. The van der Waals surface area contributed by atoms with E-state index in [1.54, 1.807) is 14.2 Å². The number of hydrogen-bond donors (Lipinski definition) is 0. The number of hydrogen-bond acceptors (Lipinski definition) is 3. The molecule has 0 radical (unpaired) electrons. The first kappa shape index (κ1) is 13.8. The second-order valence-corrected chi connectivity index (χ2v) is 4.45. The quantitative estimate of drug-likeness (QED) is 0.564. The molecule has 0 aromatic heterocycles. The average Bonchev–Trinajstić information content (AvgIpc) is 2.45. The van der Waals surface area contributed by atoms with Crippen molar-refractivity contribution in [2.24, 2.45) is 0 Å². The summed E-state index contributed by atoms with van der Waals surface area (Å²) in [5.74, 6) is 0.841. The zero-order valence-electron chi connectivity index (χ0n) is 11.5. The van der Waals surface area contributed by atoms with Crippen molar-refractivity contribution >= 4 is 10.8 Å². The zero-order valence-corrected chi connectivity index (χ0v) is 11.5. The van der Waals surface area contributed by atoms with Gasteiger partial charge in [-0.2, -0.15) is 0 Å². The summed E-state index contributed by atoms with van der Waals surface area (Å²) in [5, 5.41) is 2.48. The molecule has 0 spiro atoms. The molecule has 0 unspecified atom stereocenters. The zero-order chi connectivity index (χ0) is 13.5. The fraction of sp³-hybridized carbons (Fsp3) is 0.375. The molecule has 0 aliphatic rings. The van der Waals surface area contributed by atoms with E-state index in [0.29, 0.717) is 0 Å². The SMILES string of the molecule is COCCCc1cccc2ccc(OCOC)cc12. The summed E-state index contributed by atoms with van der Waals surface area (Å²) in [6.45, 7) is 1.06. The highest BCUT2D eigenvalue weighted by molar-refractivity contribution is 5.87. The monoisotopic (exact) mass is 260 g/mol. The van der Waals surface area contributed by atoms with Crippen LogP contribution < -0.4 is 4.74 Å². The van der Waals surface area contributed by atoms with Crippen molar-refractivity contribution < 1.29 is 14.2 Å². The summed E-state index contributed by atoms with van der Waals surface area (Å²) < 4.78 is 15.5. The predicted octanol–water partition coefficient (Wildman–Crippen LogP) is 3.40. The fourth-order valence-electron chi connectivity index (χ4n) is 2.16. The van der Waals surface area contributed by atoms with Gasteiger partial charge in [0.15, 0.2) is 6.79 Å². The van der Waals surface area contributed by atoms with Crippen molar-refractivity contribution in [3.05, 3.63) is 42.0 Å². The Balaban J connectivity index is 2.24. The summed E-state index contributed by atoms with van der Waals surface area (Å²) in [7, 11) is 3.36. The molecule has 0 saturated heterocycles. The van der Waals surface area contributed by atoms with Crippen LogP contribution in [-0.2, 0) is 15.9 Å². The number of ether oxygens (including phenoxy) is 3. The molecule has 0 N–H and O–H groups in total. The maximum absolute atomic E-state index is 5.50. The molecule has 0 atom stereocenters. The molecule has 102 valence electrons. The van der Waals surface area contributed by atoms with Crippen LogP contribution in [0.1, 0.15) is 12.0 Å². The Kier molecular flexibility index (Phi) is 5.19. The molecule has 0 saturated carbocycles. The van der Waals surface area contributed by atoms with E-state index in [1.165, 1.54) is 16.3 Å². The Bertz CT molecular complexity index is 522. The molecule has 2 rings (SSSR count). The lowest BCUT2D eigenvalue weighted by molar-refractivity contribution is 0.0512. The molecular formula is C16H20O3. The van der Waals surface area contributed by atoms with Crippen molar-refractivity contribution in [3.8, 4) is 5.75 Å². The van der Waals surface area contributed by atoms with Gasteiger partial charge in [0.05, 0.1) is 0 Å². The van der Waals surface area contributed by atoms with Gasteiger partial charge >= 0.3 is 0 Å². The Morgan fingerprint density at radius 1 is 1.00 bits per heavy atom. The fourth-order valence-corrected chi connectivity index (χ4v) is 2.16. The minimum Gasteiger partial charge on any atom is -0.468 e. The van der Waals surface area contributed by atoms with Gasteiger partial charge in [-0.15, -0.1) is 0 Å². The molecule has 0 bridgehead atoms. The standard InChI is InChI=1S/C16H20O3/c1-17-10-4-7-13-5-3-6-14-8-9-15(11-16(13)14)19-12-18-2/h3,5-6,8-9,11H,4,7,10,12H2,1-2H3. The van der Waals surface area contributed by atoms with Crippen molar-refractivity contribution in [2.45, 2.75) is 12.8 Å². The molecule has 0 aliphatic carbocycles. The molecule has 2 aromatic carbocycles. The van der Waals surface area contributed by atoms with Gasteiger partial charge < -0.3 is 14.2 Å². The number of benzene rings is 2. The molecule has 0 aliphatic heterocycles. The number of methoxy groups -OCH3 is 2. The van der Waals surface area contributed by atoms with Crippen LogP contribution in [0, 0.1) is 0 Å². The highest BCUT2D eigenvalue weighted by atomic mass is 16.7. The predicted molar refractivity (Wildman–Crippen MR) is 76.6 cm³/mol. The summed E-state index contributed by atoms with van der Waals surface area (Å²) in [6, 6.07) is 12.5. The molecule has 0 fully saturated rings. The van der Waals surface area contributed by atoms with Crippen molar-refractivity contribution in [3.63, 3.8) is 0 Å². The Morgan fingerprint density at radius 3 is 2.68 bits per heavy atom. The highest BCUT2D eigenvalue weighted by Crippen LogP contribution is 2.25. The molecule has 3 heteroatoms. The lowest BCUT2D eigenvalue weighted by atomic mass is 10.0. The number of fused-ring (bicyclic) bond motifs is 1. The molecular weight excluding hydrogens is 240 g/mol. The lowest BCUT2D eigenvalue weighted by Crippen LogP contribution is -1.99. The van der Waals surface area contributed by atoms with E-state index >= 15 is 0 Å². The van der Waals surface area contributed by atoms with Crippen LogP contribution in [0.3, 0.4) is 0 Å². The number of rotatable bonds is 7. The third kappa shape index (κ3) is 3.69. The average molecular weight is 260 g/mol. The third-order valence-corrected chi connectivity index (χ3v) is 3.08. The normalized spacial score (nSPS) is 10.8. The second-order valence-electron chi connectivity index (χ2n) is 4.45. The van der Waals surface area contributed by atoms with E-state index < -0.39 is 0 Å². The van der Waals surface area contributed by atoms with Gasteiger partial charge in [-0.05, 0) is 41.3 Å². The molecule has 3 nitrogen and oxygen atoms in total. The van der Waals surface area contributed by atoms with Gasteiger partial charge in [-0.1, -0.05) is 24.3 Å². The van der Waals surface area contributed by atoms with Gasteiger partial charge in [0.25, 0.3) is 0 Å². The van der Waals surface area contributed by atoms with E-state index in [1.807, 2.05) is 6.07 Å². The molecule has 0 heterocycles. The Labute approximate surface area is 114 Å². The second kappa shape index (κ2) is 7.12. The Morgan fingerprint density at radius 2 is 1.89 bits per heavy atom. The summed E-state index contributed by atoms with van der Waals surface area (Å²) in [4.78, 5) is 0. The van der Waals surface area contributed by atoms with Crippen LogP contribution in [0.2, 0.25) is 0 Å². The molecule has 2 aromatic rings. The first-order valence-electron chi connectivity index (χ1n) is 6.47. The van der Waals surface area contributed by atoms with Crippen molar-refractivity contribution in [2.75, 3.05) is 27.6 Å². The van der Waals surface area contributed by atoms with Gasteiger partial charge in [0, 0.05) is 20.8 Å². The van der Waals surface area contributed by atoms with Crippen LogP contribution in [-0.4, -0.2) is 27.6 Å². The van der Waals surface area contributed by atoms with Gasteiger partial charge in [-0.25, -0.2) is 0 Å². The Hall–Kier alpha value is -1.58. The van der Waals surface area contributed by atoms with Crippen LogP contribution in [0.5, 0.6) is 5.75 Å². The highest BCUT2D eigenvalue weighted by Gasteiger charge is 2.03. The summed E-state index contributed by atoms with van der Waals surface area (Å²) in [6.07, 6.45) is 2.04. The molecule has 19 heavy (non-hydrogen) atoms. The van der Waals surface area contributed by atoms with Gasteiger partial charge in [0.2, 0.25) is 0 Å². The van der Waals surface area contributed by atoms with E-state index in [4.69, 9.17) is 14.2 Å². The van der Waals surface area contributed by atoms with Crippen molar-refractivity contribution in [1.29, 1.82) is 0 Å².